The lowest BCUT2D eigenvalue weighted by atomic mass is 9.68. The zero-order valence-corrected chi connectivity index (χ0v) is 12.4. The largest absolute Gasteiger partial charge is 0.315 e. The maximum atomic E-state index is 12.7. The predicted octanol–water partition coefficient (Wildman–Crippen LogP) is 2.48. The number of fused-ring (bicyclic) bond motifs is 1. The van der Waals surface area contributed by atoms with E-state index >= 15 is 0 Å². The van der Waals surface area contributed by atoms with Crippen LogP contribution in [0.3, 0.4) is 0 Å². The number of aryl methyl sites for hydroxylation is 2. The summed E-state index contributed by atoms with van der Waals surface area (Å²) < 4.78 is 0. The van der Waals surface area contributed by atoms with Crippen molar-refractivity contribution in [2.24, 2.45) is 11.3 Å². The third-order valence-electron chi connectivity index (χ3n) is 4.74. The Morgan fingerprint density at radius 1 is 1.47 bits per heavy atom. The minimum atomic E-state index is -0.189. The Morgan fingerprint density at radius 3 is 3.05 bits per heavy atom. The summed E-state index contributed by atoms with van der Waals surface area (Å²) >= 11 is 1.57. The van der Waals surface area contributed by atoms with Crippen LogP contribution < -0.4 is 10.6 Å². The van der Waals surface area contributed by atoms with Crippen LogP contribution in [0.4, 0.5) is 5.13 Å². The summed E-state index contributed by atoms with van der Waals surface area (Å²) in [5.74, 6) is 0.680. The molecule has 1 saturated carbocycles. The summed E-state index contributed by atoms with van der Waals surface area (Å²) in [7, 11) is 0. The van der Waals surface area contributed by atoms with Crippen LogP contribution in [0.2, 0.25) is 0 Å². The molecule has 104 valence electrons. The molecule has 2 N–H and O–H groups in total. The van der Waals surface area contributed by atoms with Crippen molar-refractivity contribution in [2.75, 3.05) is 18.4 Å². The van der Waals surface area contributed by atoms with E-state index in [0.29, 0.717) is 5.92 Å². The van der Waals surface area contributed by atoms with Gasteiger partial charge in [-0.1, -0.05) is 12.8 Å². The van der Waals surface area contributed by atoms with E-state index in [1.165, 1.54) is 24.1 Å². The van der Waals surface area contributed by atoms with Gasteiger partial charge in [0.25, 0.3) is 0 Å². The highest BCUT2D eigenvalue weighted by atomic mass is 32.1. The number of nitrogens with one attached hydrogen (secondary N) is 2. The van der Waals surface area contributed by atoms with E-state index in [1.807, 2.05) is 13.8 Å². The zero-order chi connectivity index (χ0) is 13.5. The van der Waals surface area contributed by atoms with Gasteiger partial charge in [0.15, 0.2) is 5.13 Å². The number of aromatic nitrogens is 1. The highest BCUT2D eigenvalue weighted by Gasteiger charge is 2.49. The van der Waals surface area contributed by atoms with E-state index in [9.17, 15) is 4.79 Å². The van der Waals surface area contributed by atoms with Crippen LogP contribution in [0.15, 0.2) is 0 Å². The molecule has 1 aromatic heterocycles. The smallest absolute Gasteiger partial charge is 0.233 e. The SMILES string of the molecule is Cc1nc(NC(=O)[C@@]23CCCC[C@H]2CNC3)sc1C. The normalized spacial score (nSPS) is 30.1. The maximum Gasteiger partial charge on any atom is 0.233 e. The Morgan fingerprint density at radius 2 is 2.32 bits per heavy atom. The Balaban J connectivity index is 1.79. The molecule has 0 bridgehead atoms. The lowest BCUT2D eigenvalue weighted by Crippen LogP contribution is -2.44. The first-order valence-electron chi connectivity index (χ1n) is 7.08. The molecule has 1 aliphatic heterocycles. The molecule has 0 spiro atoms. The van der Waals surface area contributed by atoms with Crippen molar-refractivity contribution >= 4 is 22.4 Å². The number of carbonyl (C=O) groups excluding carboxylic acids is 1. The molecule has 0 aromatic carbocycles. The van der Waals surface area contributed by atoms with Crippen molar-refractivity contribution in [3.05, 3.63) is 10.6 Å². The topological polar surface area (TPSA) is 54.0 Å². The first kappa shape index (κ1) is 13.1. The molecule has 1 aliphatic carbocycles. The van der Waals surface area contributed by atoms with Gasteiger partial charge in [-0.15, -0.1) is 11.3 Å². The molecule has 2 heterocycles. The molecular weight excluding hydrogens is 258 g/mol. The molecule has 4 nitrogen and oxygen atoms in total. The van der Waals surface area contributed by atoms with Crippen LogP contribution in [0.25, 0.3) is 0 Å². The van der Waals surface area contributed by atoms with Gasteiger partial charge in [-0.05, 0) is 39.2 Å². The van der Waals surface area contributed by atoms with Crippen LogP contribution >= 0.6 is 11.3 Å². The molecule has 1 amide bonds. The van der Waals surface area contributed by atoms with Crippen molar-refractivity contribution in [3.8, 4) is 0 Å². The lowest BCUT2D eigenvalue weighted by molar-refractivity contribution is -0.128. The second kappa shape index (κ2) is 4.87. The van der Waals surface area contributed by atoms with Crippen LogP contribution in [0.5, 0.6) is 0 Å². The van der Waals surface area contributed by atoms with Gasteiger partial charge in [0.1, 0.15) is 0 Å². The Kier molecular flexibility index (Phi) is 3.35. The molecule has 0 radical (unpaired) electrons. The Bertz CT molecular complexity index is 479. The van der Waals surface area contributed by atoms with Crippen LogP contribution in [0, 0.1) is 25.2 Å². The van der Waals surface area contributed by atoms with E-state index < -0.39 is 0 Å². The molecule has 2 aliphatic rings. The van der Waals surface area contributed by atoms with E-state index in [1.54, 1.807) is 11.3 Å². The number of carbonyl (C=O) groups is 1. The van der Waals surface area contributed by atoms with Gasteiger partial charge in [0.2, 0.25) is 5.91 Å². The summed E-state index contributed by atoms with van der Waals surface area (Å²) in [4.78, 5) is 18.3. The lowest BCUT2D eigenvalue weighted by Gasteiger charge is -2.36. The van der Waals surface area contributed by atoms with Gasteiger partial charge < -0.3 is 10.6 Å². The second-order valence-electron chi connectivity index (χ2n) is 5.84. The Hall–Kier alpha value is -0.940. The molecule has 19 heavy (non-hydrogen) atoms. The summed E-state index contributed by atoms with van der Waals surface area (Å²) in [6.07, 6.45) is 4.62. The van der Waals surface area contributed by atoms with Gasteiger partial charge in [0.05, 0.1) is 11.1 Å². The molecule has 2 fully saturated rings. The number of amides is 1. The van der Waals surface area contributed by atoms with Crippen LogP contribution in [-0.4, -0.2) is 24.0 Å². The van der Waals surface area contributed by atoms with Crippen LogP contribution in [0.1, 0.15) is 36.3 Å². The molecule has 1 saturated heterocycles. The standard InChI is InChI=1S/C14H21N3OS/c1-9-10(2)19-13(16-9)17-12(18)14-6-4-3-5-11(14)7-15-8-14/h11,15H,3-8H2,1-2H3,(H,16,17,18)/t11-,14+/m0/s1. The fourth-order valence-corrected chi connectivity index (χ4v) is 4.25. The van der Waals surface area contributed by atoms with E-state index in [0.717, 1.165) is 30.3 Å². The van der Waals surface area contributed by atoms with Gasteiger partial charge in [-0.25, -0.2) is 4.98 Å². The second-order valence-corrected chi connectivity index (χ2v) is 7.05. The fourth-order valence-electron chi connectivity index (χ4n) is 3.44. The summed E-state index contributed by atoms with van der Waals surface area (Å²) in [5.41, 5.74) is 0.827. The van der Waals surface area contributed by atoms with Crippen molar-refractivity contribution < 1.29 is 4.79 Å². The van der Waals surface area contributed by atoms with Gasteiger partial charge in [-0.3, -0.25) is 4.79 Å². The minimum absolute atomic E-state index is 0.177. The number of nitrogens with zero attached hydrogens (tertiary/aromatic N) is 1. The number of anilines is 1. The molecule has 5 heteroatoms. The highest BCUT2D eigenvalue weighted by Crippen LogP contribution is 2.44. The number of thiazole rings is 1. The fraction of sp³-hybridized carbons (Fsp3) is 0.714. The summed E-state index contributed by atoms with van der Waals surface area (Å²) in [5, 5.41) is 7.23. The summed E-state index contributed by atoms with van der Waals surface area (Å²) in [6.45, 7) is 5.85. The van der Waals surface area contributed by atoms with Crippen LogP contribution in [-0.2, 0) is 4.79 Å². The van der Waals surface area contributed by atoms with E-state index in [-0.39, 0.29) is 11.3 Å². The number of hydrogen-bond acceptors (Lipinski definition) is 4. The Labute approximate surface area is 118 Å². The number of hydrogen-bond donors (Lipinski definition) is 2. The van der Waals surface area contributed by atoms with Gasteiger partial charge in [0, 0.05) is 11.4 Å². The monoisotopic (exact) mass is 279 g/mol. The van der Waals surface area contributed by atoms with Crippen molar-refractivity contribution in [1.82, 2.24) is 10.3 Å². The average molecular weight is 279 g/mol. The van der Waals surface area contributed by atoms with Gasteiger partial charge in [-0.2, -0.15) is 0 Å². The first-order chi connectivity index (χ1) is 9.12. The number of rotatable bonds is 2. The highest BCUT2D eigenvalue weighted by molar-refractivity contribution is 7.15. The van der Waals surface area contributed by atoms with Gasteiger partial charge >= 0.3 is 0 Å². The average Bonchev–Trinajstić information content (AvgIpc) is 2.94. The van der Waals surface area contributed by atoms with Crippen molar-refractivity contribution in [2.45, 2.75) is 39.5 Å². The zero-order valence-electron chi connectivity index (χ0n) is 11.6. The third kappa shape index (κ3) is 2.19. The van der Waals surface area contributed by atoms with Crippen molar-refractivity contribution in [1.29, 1.82) is 0 Å². The molecule has 0 unspecified atom stereocenters. The van der Waals surface area contributed by atoms with Crippen molar-refractivity contribution in [3.63, 3.8) is 0 Å². The first-order valence-corrected chi connectivity index (χ1v) is 7.90. The summed E-state index contributed by atoms with van der Waals surface area (Å²) in [6, 6.07) is 0. The molecular formula is C14H21N3OS. The van der Waals surface area contributed by atoms with E-state index in [2.05, 4.69) is 15.6 Å². The molecule has 2 atom stereocenters. The van der Waals surface area contributed by atoms with E-state index in [4.69, 9.17) is 0 Å². The molecule has 3 rings (SSSR count). The minimum Gasteiger partial charge on any atom is -0.315 e. The maximum absolute atomic E-state index is 12.7. The molecule has 1 aromatic rings. The predicted molar refractivity (Wildman–Crippen MR) is 77.5 cm³/mol. The third-order valence-corrected chi connectivity index (χ3v) is 5.73. The quantitative estimate of drug-likeness (QED) is 0.874.